The topological polar surface area (TPSA) is 71.2 Å². The van der Waals surface area contributed by atoms with Crippen molar-refractivity contribution >= 4 is 6.09 Å². The number of aromatic nitrogens is 1. The first kappa shape index (κ1) is 13.8. The summed E-state index contributed by atoms with van der Waals surface area (Å²) in [5, 5.41) is 2.47. The van der Waals surface area contributed by atoms with Gasteiger partial charge in [-0.05, 0) is 17.2 Å². The highest BCUT2D eigenvalue weighted by molar-refractivity contribution is 5.67. The maximum absolute atomic E-state index is 13.0. The Morgan fingerprint density at radius 1 is 1.25 bits per heavy atom. The first-order valence-corrected chi connectivity index (χ1v) is 5.97. The number of amides is 1. The number of rotatable bonds is 4. The molecule has 0 aliphatic carbocycles. The van der Waals surface area contributed by atoms with Gasteiger partial charge in [0.15, 0.2) is 5.82 Å². The monoisotopic (exact) mass is 276 g/mol. The van der Waals surface area contributed by atoms with Crippen molar-refractivity contribution in [1.29, 1.82) is 0 Å². The third kappa shape index (κ3) is 3.94. The Hall–Kier alpha value is -2.63. The molecule has 0 unspecified atom stereocenters. The van der Waals surface area contributed by atoms with Gasteiger partial charge in [0.1, 0.15) is 6.61 Å². The third-order valence-electron chi connectivity index (χ3n) is 2.57. The summed E-state index contributed by atoms with van der Waals surface area (Å²) in [5.74, 6) is -0.887. The number of H-pyrrole nitrogens is 1. The number of nitrogens with one attached hydrogen (secondary N) is 2. The van der Waals surface area contributed by atoms with Crippen LogP contribution in [0.2, 0.25) is 0 Å². The van der Waals surface area contributed by atoms with Gasteiger partial charge in [-0.15, -0.1) is 0 Å². The smallest absolute Gasteiger partial charge is 0.407 e. The Morgan fingerprint density at radius 2 is 2.00 bits per heavy atom. The molecule has 104 valence electrons. The van der Waals surface area contributed by atoms with Crippen LogP contribution in [0.15, 0.2) is 47.4 Å². The number of pyridine rings is 1. The molecule has 1 aromatic carbocycles. The molecule has 1 aromatic heterocycles. The summed E-state index contributed by atoms with van der Waals surface area (Å²) in [6.45, 7) is 0.230. The van der Waals surface area contributed by atoms with Crippen molar-refractivity contribution in [3.8, 4) is 0 Å². The Balaban J connectivity index is 1.80. The van der Waals surface area contributed by atoms with E-state index in [0.717, 1.165) is 11.6 Å². The third-order valence-corrected chi connectivity index (χ3v) is 2.57. The van der Waals surface area contributed by atoms with Crippen LogP contribution in [-0.2, 0) is 17.9 Å². The summed E-state index contributed by atoms with van der Waals surface area (Å²) >= 11 is 0. The van der Waals surface area contributed by atoms with Crippen molar-refractivity contribution in [3.05, 3.63) is 69.9 Å². The molecule has 2 aromatic rings. The fraction of sp³-hybridized carbons (Fsp3) is 0.143. The maximum atomic E-state index is 13.0. The van der Waals surface area contributed by atoms with E-state index in [-0.39, 0.29) is 13.2 Å². The van der Waals surface area contributed by atoms with Crippen LogP contribution < -0.4 is 10.9 Å². The van der Waals surface area contributed by atoms with E-state index in [4.69, 9.17) is 4.74 Å². The van der Waals surface area contributed by atoms with E-state index in [1.54, 1.807) is 0 Å². The zero-order valence-corrected chi connectivity index (χ0v) is 10.6. The van der Waals surface area contributed by atoms with Crippen LogP contribution in [0.4, 0.5) is 9.18 Å². The number of alkyl carbamates (subject to hydrolysis) is 1. The minimum Gasteiger partial charge on any atom is -0.445 e. The normalized spacial score (nSPS) is 10.1. The van der Waals surface area contributed by atoms with E-state index >= 15 is 0 Å². The first-order chi connectivity index (χ1) is 9.65. The lowest BCUT2D eigenvalue weighted by Gasteiger charge is -2.07. The molecule has 0 bridgehead atoms. The molecule has 2 N–H and O–H groups in total. The number of halogens is 1. The van der Waals surface area contributed by atoms with Crippen LogP contribution in [0.5, 0.6) is 0 Å². The van der Waals surface area contributed by atoms with Gasteiger partial charge in [-0.3, -0.25) is 4.79 Å². The summed E-state index contributed by atoms with van der Waals surface area (Å²) in [6, 6.07) is 10.3. The molecule has 6 heteroatoms. The SMILES string of the molecule is O=C(NCc1c[nH]c(=O)c(F)c1)OCc1ccccc1. The summed E-state index contributed by atoms with van der Waals surface area (Å²) in [4.78, 5) is 24.5. The fourth-order valence-electron chi connectivity index (χ4n) is 1.55. The number of ether oxygens (including phenoxy) is 1. The highest BCUT2D eigenvalue weighted by Crippen LogP contribution is 2.01. The summed E-state index contributed by atoms with van der Waals surface area (Å²) in [6.07, 6.45) is 0.726. The van der Waals surface area contributed by atoms with Crippen molar-refractivity contribution < 1.29 is 13.9 Å². The van der Waals surface area contributed by atoms with E-state index in [0.29, 0.717) is 5.56 Å². The van der Waals surface area contributed by atoms with Crippen molar-refractivity contribution in [2.45, 2.75) is 13.2 Å². The van der Waals surface area contributed by atoms with Crippen molar-refractivity contribution in [2.24, 2.45) is 0 Å². The lowest BCUT2D eigenvalue weighted by atomic mass is 10.2. The molecule has 2 rings (SSSR count). The molecule has 0 spiro atoms. The molecule has 5 nitrogen and oxygen atoms in total. The van der Waals surface area contributed by atoms with Crippen LogP contribution in [0.1, 0.15) is 11.1 Å². The Bertz CT molecular complexity index is 640. The van der Waals surface area contributed by atoms with E-state index in [2.05, 4.69) is 10.3 Å². The van der Waals surface area contributed by atoms with Crippen LogP contribution >= 0.6 is 0 Å². The van der Waals surface area contributed by atoms with Crippen molar-refractivity contribution in [1.82, 2.24) is 10.3 Å². The van der Waals surface area contributed by atoms with Crippen LogP contribution in [-0.4, -0.2) is 11.1 Å². The zero-order valence-electron chi connectivity index (χ0n) is 10.6. The molecule has 0 radical (unpaired) electrons. The molecule has 0 aliphatic heterocycles. The molecular weight excluding hydrogens is 263 g/mol. The number of hydrogen-bond donors (Lipinski definition) is 2. The van der Waals surface area contributed by atoms with Gasteiger partial charge in [0.05, 0.1) is 0 Å². The van der Waals surface area contributed by atoms with Gasteiger partial charge in [-0.25, -0.2) is 9.18 Å². The minimum atomic E-state index is -0.887. The zero-order chi connectivity index (χ0) is 14.4. The molecule has 0 atom stereocenters. The minimum absolute atomic E-state index is 0.0708. The molecule has 20 heavy (non-hydrogen) atoms. The molecular formula is C14H13FN2O3. The second-order valence-electron chi connectivity index (χ2n) is 4.10. The van der Waals surface area contributed by atoms with E-state index in [1.165, 1.54) is 6.20 Å². The molecule has 1 amide bonds. The number of carbonyl (C=O) groups excluding carboxylic acids is 1. The maximum Gasteiger partial charge on any atom is 0.407 e. The first-order valence-electron chi connectivity index (χ1n) is 5.97. The van der Waals surface area contributed by atoms with E-state index in [1.807, 2.05) is 30.3 Å². The van der Waals surface area contributed by atoms with E-state index in [9.17, 15) is 14.0 Å². The second-order valence-corrected chi connectivity index (χ2v) is 4.10. The lowest BCUT2D eigenvalue weighted by molar-refractivity contribution is 0.139. The summed E-state index contributed by atoms with van der Waals surface area (Å²) in [7, 11) is 0. The largest absolute Gasteiger partial charge is 0.445 e. The van der Waals surface area contributed by atoms with Crippen LogP contribution in [0, 0.1) is 5.82 Å². The van der Waals surface area contributed by atoms with Crippen molar-refractivity contribution in [2.75, 3.05) is 0 Å². The van der Waals surface area contributed by atoms with Crippen LogP contribution in [0.25, 0.3) is 0 Å². The highest BCUT2D eigenvalue weighted by atomic mass is 19.1. The van der Waals surface area contributed by atoms with Gasteiger partial charge in [0, 0.05) is 12.7 Å². The average molecular weight is 276 g/mol. The standard InChI is InChI=1S/C14H13FN2O3/c15-12-6-11(7-16-13(12)18)8-17-14(19)20-9-10-4-2-1-3-5-10/h1-7H,8-9H2,(H,16,18)(H,17,19). The van der Waals surface area contributed by atoms with Gasteiger partial charge < -0.3 is 15.0 Å². The number of aromatic amines is 1. The fourth-order valence-corrected chi connectivity index (χ4v) is 1.55. The Kier molecular flexibility index (Phi) is 4.49. The number of benzene rings is 1. The van der Waals surface area contributed by atoms with E-state index < -0.39 is 17.5 Å². The molecule has 0 aliphatic rings. The van der Waals surface area contributed by atoms with Gasteiger partial charge in [0.2, 0.25) is 0 Å². The van der Waals surface area contributed by atoms with Crippen LogP contribution in [0.3, 0.4) is 0 Å². The summed E-state index contributed by atoms with van der Waals surface area (Å²) < 4.78 is 18.0. The molecule has 1 heterocycles. The predicted octanol–water partition coefficient (Wildman–Crippen LogP) is 1.94. The molecule has 0 saturated carbocycles. The second kappa shape index (κ2) is 6.51. The number of hydrogen-bond acceptors (Lipinski definition) is 3. The highest BCUT2D eigenvalue weighted by Gasteiger charge is 2.04. The predicted molar refractivity (Wildman–Crippen MR) is 70.5 cm³/mol. The average Bonchev–Trinajstić information content (AvgIpc) is 2.47. The van der Waals surface area contributed by atoms with Crippen molar-refractivity contribution in [3.63, 3.8) is 0 Å². The Labute approximate surface area is 114 Å². The Morgan fingerprint density at radius 3 is 2.70 bits per heavy atom. The molecule has 0 saturated heterocycles. The van der Waals surface area contributed by atoms with Gasteiger partial charge in [-0.1, -0.05) is 30.3 Å². The molecule has 0 fully saturated rings. The van der Waals surface area contributed by atoms with Gasteiger partial charge in [0.25, 0.3) is 5.56 Å². The summed E-state index contributed by atoms with van der Waals surface area (Å²) in [5.41, 5.74) is 0.525. The quantitative estimate of drug-likeness (QED) is 0.896. The number of carbonyl (C=O) groups is 1. The van der Waals surface area contributed by atoms with Gasteiger partial charge in [-0.2, -0.15) is 0 Å². The van der Waals surface area contributed by atoms with Gasteiger partial charge >= 0.3 is 6.09 Å². The lowest BCUT2D eigenvalue weighted by Crippen LogP contribution is -2.24.